The van der Waals surface area contributed by atoms with E-state index in [0.29, 0.717) is 5.75 Å². The standard InChI is InChI=1S/C15H13FS/c16-15(11-13-7-3-1-4-8-13)17-12-14-9-5-2-6-10-14/h1-11H,12H2. The number of thioether (sulfide) groups is 1. The van der Waals surface area contributed by atoms with E-state index in [2.05, 4.69) is 0 Å². The van der Waals surface area contributed by atoms with Gasteiger partial charge in [-0.15, -0.1) is 0 Å². The van der Waals surface area contributed by atoms with Crippen LogP contribution < -0.4 is 0 Å². The lowest BCUT2D eigenvalue weighted by molar-refractivity contribution is 0.706. The second kappa shape index (κ2) is 6.26. The monoisotopic (exact) mass is 244 g/mol. The van der Waals surface area contributed by atoms with Crippen LogP contribution >= 0.6 is 11.8 Å². The molecule has 0 radical (unpaired) electrons. The third-order valence-corrected chi connectivity index (χ3v) is 3.17. The largest absolute Gasteiger partial charge is 0.199 e. The molecule has 0 fully saturated rings. The van der Waals surface area contributed by atoms with E-state index in [4.69, 9.17) is 0 Å². The van der Waals surface area contributed by atoms with Crippen molar-refractivity contribution in [1.82, 2.24) is 0 Å². The number of halogens is 1. The average molecular weight is 244 g/mol. The van der Waals surface area contributed by atoms with Crippen molar-refractivity contribution in [3.05, 3.63) is 76.9 Å². The summed E-state index contributed by atoms with van der Waals surface area (Å²) in [6.45, 7) is 0. The van der Waals surface area contributed by atoms with Gasteiger partial charge in [-0.25, -0.2) is 0 Å². The van der Waals surface area contributed by atoms with Gasteiger partial charge >= 0.3 is 0 Å². The van der Waals surface area contributed by atoms with Gasteiger partial charge in [0.15, 0.2) is 5.16 Å². The lowest BCUT2D eigenvalue weighted by Gasteiger charge is -1.99. The number of rotatable bonds is 4. The van der Waals surface area contributed by atoms with Crippen LogP contribution in [0.3, 0.4) is 0 Å². The first-order valence-electron chi connectivity index (χ1n) is 5.43. The van der Waals surface area contributed by atoms with Gasteiger partial charge in [0.2, 0.25) is 0 Å². The average Bonchev–Trinajstić information content (AvgIpc) is 2.39. The van der Waals surface area contributed by atoms with E-state index in [0.717, 1.165) is 11.1 Å². The van der Waals surface area contributed by atoms with Crippen LogP contribution in [0.15, 0.2) is 65.8 Å². The van der Waals surface area contributed by atoms with Crippen molar-refractivity contribution in [1.29, 1.82) is 0 Å². The van der Waals surface area contributed by atoms with Crippen LogP contribution in [0.4, 0.5) is 4.39 Å². The van der Waals surface area contributed by atoms with Gasteiger partial charge in [0.25, 0.3) is 0 Å². The molecule has 0 heterocycles. The lowest BCUT2D eigenvalue weighted by atomic mass is 10.2. The quantitative estimate of drug-likeness (QED) is 0.738. The van der Waals surface area contributed by atoms with Gasteiger partial charge in [0, 0.05) is 5.75 Å². The highest BCUT2D eigenvalue weighted by atomic mass is 32.2. The maximum absolute atomic E-state index is 13.6. The first-order chi connectivity index (χ1) is 8.34. The van der Waals surface area contributed by atoms with Gasteiger partial charge in [0.1, 0.15) is 0 Å². The molecule has 0 aliphatic rings. The van der Waals surface area contributed by atoms with E-state index < -0.39 is 0 Å². The van der Waals surface area contributed by atoms with Crippen LogP contribution in [0.1, 0.15) is 11.1 Å². The van der Waals surface area contributed by atoms with Gasteiger partial charge in [-0.3, -0.25) is 0 Å². The smallest absolute Gasteiger partial charge is 0.157 e. The zero-order valence-electron chi connectivity index (χ0n) is 9.34. The Morgan fingerprint density at radius 3 is 2.18 bits per heavy atom. The Morgan fingerprint density at radius 2 is 1.53 bits per heavy atom. The zero-order valence-corrected chi connectivity index (χ0v) is 10.2. The topological polar surface area (TPSA) is 0 Å². The van der Waals surface area contributed by atoms with E-state index in [1.54, 1.807) is 6.08 Å². The molecule has 0 amide bonds. The van der Waals surface area contributed by atoms with Gasteiger partial charge in [0.05, 0.1) is 0 Å². The minimum Gasteiger partial charge on any atom is -0.199 e. The Balaban J connectivity index is 1.94. The fourth-order valence-corrected chi connectivity index (χ4v) is 2.16. The van der Waals surface area contributed by atoms with Gasteiger partial charge < -0.3 is 0 Å². The van der Waals surface area contributed by atoms with E-state index in [-0.39, 0.29) is 5.16 Å². The Bertz CT molecular complexity index is 477. The van der Waals surface area contributed by atoms with E-state index >= 15 is 0 Å². The van der Waals surface area contributed by atoms with Crippen molar-refractivity contribution in [2.24, 2.45) is 0 Å². The highest BCUT2D eigenvalue weighted by Gasteiger charge is 1.98. The Kier molecular flexibility index (Phi) is 4.39. The SMILES string of the molecule is FC(=Cc1ccccc1)SCc1ccccc1. The van der Waals surface area contributed by atoms with Gasteiger partial charge in [-0.2, -0.15) is 4.39 Å². The van der Waals surface area contributed by atoms with Crippen molar-refractivity contribution < 1.29 is 4.39 Å². The summed E-state index contributed by atoms with van der Waals surface area (Å²) >= 11 is 1.22. The molecule has 2 heteroatoms. The van der Waals surface area contributed by atoms with Crippen molar-refractivity contribution in [2.45, 2.75) is 5.75 Å². The molecule has 0 saturated heterocycles. The normalized spacial score (nSPS) is 11.5. The Hall–Kier alpha value is -1.54. The third kappa shape index (κ3) is 4.08. The molecule has 0 atom stereocenters. The first kappa shape index (κ1) is 11.9. The fraction of sp³-hybridized carbons (Fsp3) is 0.0667. The summed E-state index contributed by atoms with van der Waals surface area (Å²) in [5.41, 5.74) is 2.03. The molecular weight excluding hydrogens is 231 g/mol. The lowest BCUT2D eigenvalue weighted by Crippen LogP contribution is -1.78. The molecule has 0 spiro atoms. The molecule has 0 N–H and O–H groups in total. The maximum Gasteiger partial charge on any atom is 0.157 e. The number of benzene rings is 2. The van der Waals surface area contributed by atoms with E-state index in [1.807, 2.05) is 60.7 Å². The summed E-state index contributed by atoms with van der Waals surface area (Å²) in [7, 11) is 0. The van der Waals surface area contributed by atoms with Crippen molar-refractivity contribution in [3.8, 4) is 0 Å². The molecule has 0 bridgehead atoms. The third-order valence-electron chi connectivity index (χ3n) is 2.30. The molecular formula is C15H13FS. The molecule has 0 aliphatic carbocycles. The Morgan fingerprint density at radius 1 is 0.941 bits per heavy atom. The molecule has 86 valence electrons. The van der Waals surface area contributed by atoms with Crippen molar-refractivity contribution in [2.75, 3.05) is 0 Å². The second-order valence-corrected chi connectivity index (χ2v) is 4.60. The predicted molar refractivity (Wildman–Crippen MR) is 73.3 cm³/mol. The minimum atomic E-state index is -0.153. The van der Waals surface area contributed by atoms with E-state index in [9.17, 15) is 4.39 Å². The fourth-order valence-electron chi connectivity index (χ4n) is 1.45. The highest BCUT2D eigenvalue weighted by molar-refractivity contribution is 8.02. The minimum absolute atomic E-state index is 0.153. The Labute approximate surface area is 105 Å². The number of hydrogen-bond acceptors (Lipinski definition) is 1. The molecule has 0 nitrogen and oxygen atoms in total. The molecule has 17 heavy (non-hydrogen) atoms. The van der Waals surface area contributed by atoms with Crippen LogP contribution in [0.2, 0.25) is 0 Å². The summed E-state index contributed by atoms with van der Waals surface area (Å²) in [6.07, 6.45) is 1.56. The van der Waals surface area contributed by atoms with Gasteiger partial charge in [-0.05, 0) is 17.2 Å². The summed E-state index contributed by atoms with van der Waals surface area (Å²) in [5.74, 6) is 0.663. The summed E-state index contributed by atoms with van der Waals surface area (Å²) in [4.78, 5) is 0. The van der Waals surface area contributed by atoms with E-state index in [1.165, 1.54) is 11.8 Å². The van der Waals surface area contributed by atoms with Crippen LogP contribution in [0.5, 0.6) is 0 Å². The first-order valence-corrected chi connectivity index (χ1v) is 6.42. The molecule has 2 rings (SSSR count). The summed E-state index contributed by atoms with van der Waals surface area (Å²) < 4.78 is 13.6. The number of hydrogen-bond donors (Lipinski definition) is 0. The molecule has 0 unspecified atom stereocenters. The van der Waals surface area contributed by atoms with Gasteiger partial charge in [-0.1, -0.05) is 72.4 Å². The maximum atomic E-state index is 13.6. The predicted octanol–water partition coefficient (Wildman–Crippen LogP) is 4.89. The highest BCUT2D eigenvalue weighted by Crippen LogP contribution is 2.24. The second-order valence-electron chi connectivity index (χ2n) is 3.63. The van der Waals surface area contributed by atoms with Crippen molar-refractivity contribution in [3.63, 3.8) is 0 Å². The van der Waals surface area contributed by atoms with Crippen molar-refractivity contribution >= 4 is 17.8 Å². The van der Waals surface area contributed by atoms with Crippen LogP contribution in [-0.2, 0) is 5.75 Å². The molecule has 2 aromatic rings. The molecule has 0 aliphatic heterocycles. The van der Waals surface area contributed by atoms with Crippen LogP contribution in [0, 0.1) is 0 Å². The van der Waals surface area contributed by atoms with Crippen LogP contribution in [-0.4, -0.2) is 0 Å². The molecule has 2 aromatic carbocycles. The molecule has 0 saturated carbocycles. The van der Waals surface area contributed by atoms with Crippen LogP contribution in [0.25, 0.3) is 6.08 Å². The zero-order chi connectivity index (χ0) is 11.9. The molecule has 0 aromatic heterocycles. The summed E-state index contributed by atoms with van der Waals surface area (Å²) in [6, 6.07) is 19.4. The summed E-state index contributed by atoms with van der Waals surface area (Å²) in [5, 5.41) is -0.153.